The summed E-state index contributed by atoms with van der Waals surface area (Å²) in [7, 11) is 1.57. The van der Waals surface area contributed by atoms with Crippen LogP contribution in [0.5, 0.6) is 5.75 Å². The number of anilines is 1. The zero-order valence-corrected chi connectivity index (χ0v) is 12.4. The molecule has 21 heavy (non-hydrogen) atoms. The number of benzene rings is 1. The first-order valence-corrected chi connectivity index (χ1v) is 7.26. The summed E-state index contributed by atoms with van der Waals surface area (Å²) in [5.41, 5.74) is 1.65. The van der Waals surface area contributed by atoms with Gasteiger partial charge in [-0.3, -0.25) is 14.9 Å². The van der Waals surface area contributed by atoms with Gasteiger partial charge in [0, 0.05) is 25.9 Å². The largest absolute Gasteiger partial charge is 0.493 e. The molecule has 0 aromatic heterocycles. The monoisotopic (exact) mass is 307 g/mol. The van der Waals surface area contributed by atoms with Gasteiger partial charge in [-0.1, -0.05) is 17.7 Å². The van der Waals surface area contributed by atoms with Crippen molar-refractivity contribution in [1.82, 2.24) is 5.32 Å². The van der Waals surface area contributed by atoms with Crippen LogP contribution in [0.2, 0.25) is 5.02 Å². The number of methoxy groups -OCH3 is 1. The number of amides is 2. The summed E-state index contributed by atoms with van der Waals surface area (Å²) in [4.78, 5) is 25.4. The molecule has 0 bridgehead atoms. The lowest BCUT2D eigenvalue weighted by Crippen LogP contribution is -2.40. The average Bonchev–Trinajstić information content (AvgIpc) is 2.38. The minimum absolute atomic E-state index is 0.230. The maximum Gasteiger partial charge on any atom is 0.234 e. The van der Waals surface area contributed by atoms with Crippen LogP contribution in [-0.4, -0.2) is 32.0 Å². The van der Waals surface area contributed by atoms with E-state index in [1.165, 1.54) is 0 Å². The Morgan fingerprint density at radius 3 is 2.67 bits per heavy atom. The molecule has 6 heteroatoms. The summed E-state index contributed by atoms with van der Waals surface area (Å²) < 4.78 is 5.43. The van der Waals surface area contributed by atoms with Crippen molar-refractivity contribution < 1.29 is 14.3 Å². The first-order chi connectivity index (χ1) is 10.1. The number of hydrogen-bond donors (Lipinski definition) is 1. The lowest BCUT2D eigenvalue weighted by Gasteiger charge is -2.34. The minimum atomic E-state index is -0.402. The number of piperidine rings is 1. The van der Waals surface area contributed by atoms with E-state index >= 15 is 0 Å². The fourth-order valence-electron chi connectivity index (χ4n) is 2.72. The van der Waals surface area contributed by atoms with Gasteiger partial charge in [-0.25, -0.2) is 0 Å². The predicted molar refractivity (Wildman–Crippen MR) is 79.6 cm³/mol. The maximum atomic E-state index is 12.0. The summed E-state index contributed by atoms with van der Waals surface area (Å²) in [6.45, 7) is 1.73. The van der Waals surface area contributed by atoms with Gasteiger partial charge in [0.1, 0.15) is 0 Å². The minimum Gasteiger partial charge on any atom is -0.493 e. The third-order valence-electron chi connectivity index (χ3n) is 3.96. The SMILES string of the molecule is COc1c(N2C[CH]C2)ccc([C@@H]2CCC(=O)NC2=O)c1Cl. The number of nitrogens with one attached hydrogen (secondary N) is 1. The second-order valence-corrected chi connectivity index (χ2v) is 5.60. The molecule has 2 aliphatic heterocycles. The van der Waals surface area contributed by atoms with E-state index in [-0.39, 0.29) is 11.8 Å². The molecule has 2 saturated heterocycles. The topological polar surface area (TPSA) is 58.6 Å². The molecule has 111 valence electrons. The molecule has 0 unspecified atom stereocenters. The smallest absolute Gasteiger partial charge is 0.234 e. The second-order valence-electron chi connectivity index (χ2n) is 5.22. The van der Waals surface area contributed by atoms with Crippen LogP contribution in [0.4, 0.5) is 5.69 Å². The number of halogens is 1. The van der Waals surface area contributed by atoms with Crippen LogP contribution in [-0.2, 0) is 9.59 Å². The van der Waals surface area contributed by atoms with Gasteiger partial charge in [-0.2, -0.15) is 0 Å². The quantitative estimate of drug-likeness (QED) is 0.867. The molecule has 1 atom stereocenters. The van der Waals surface area contributed by atoms with E-state index in [4.69, 9.17) is 16.3 Å². The molecule has 2 amide bonds. The fourth-order valence-corrected chi connectivity index (χ4v) is 3.09. The fraction of sp³-hybridized carbons (Fsp3) is 0.400. The van der Waals surface area contributed by atoms with Gasteiger partial charge in [0.15, 0.2) is 5.75 Å². The standard InChI is InChI=1S/C15H16ClN2O3/c1-21-14-11(18-7-2-8-18)5-3-9(13(14)16)10-4-6-12(19)17-15(10)20/h2-3,5,10H,4,6-8H2,1H3,(H,17,19,20)/t10-/m0/s1. The highest BCUT2D eigenvalue weighted by atomic mass is 35.5. The van der Waals surface area contributed by atoms with Gasteiger partial charge in [0.05, 0.1) is 23.7 Å². The summed E-state index contributed by atoms with van der Waals surface area (Å²) in [5, 5.41) is 2.81. The molecule has 2 aliphatic rings. The van der Waals surface area contributed by atoms with Gasteiger partial charge in [0.25, 0.3) is 0 Å². The molecule has 0 aliphatic carbocycles. The molecule has 2 heterocycles. The third-order valence-corrected chi connectivity index (χ3v) is 4.35. The molecular formula is C15H16ClN2O3. The highest BCUT2D eigenvalue weighted by Gasteiger charge is 2.31. The highest BCUT2D eigenvalue weighted by Crippen LogP contribution is 2.43. The summed E-state index contributed by atoms with van der Waals surface area (Å²) in [5.74, 6) is -0.333. The van der Waals surface area contributed by atoms with Gasteiger partial charge < -0.3 is 9.64 Å². The Labute approximate surface area is 128 Å². The summed E-state index contributed by atoms with van der Waals surface area (Å²) in [6, 6.07) is 3.79. The van der Waals surface area contributed by atoms with Crippen molar-refractivity contribution in [3.05, 3.63) is 29.1 Å². The van der Waals surface area contributed by atoms with Gasteiger partial charge in [0.2, 0.25) is 11.8 Å². The number of ether oxygens (including phenoxy) is 1. The Hall–Kier alpha value is -1.75. The lowest BCUT2D eigenvalue weighted by atomic mass is 9.90. The average molecular weight is 308 g/mol. The number of imide groups is 1. The number of rotatable bonds is 3. The Bertz CT molecular complexity index is 599. The molecule has 1 N–H and O–H groups in total. The molecular weight excluding hydrogens is 292 g/mol. The van der Waals surface area contributed by atoms with Crippen LogP contribution < -0.4 is 15.0 Å². The van der Waals surface area contributed by atoms with E-state index in [0.29, 0.717) is 29.2 Å². The maximum absolute atomic E-state index is 12.0. The predicted octanol–water partition coefficient (Wildman–Crippen LogP) is 1.89. The van der Waals surface area contributed by atoms with Crippen LogP contribution in [0.25, 0.3) is 0 Å². The van der Waals surface area contributed by atoms with E-state index in [0.717, 1.165) is 18.8 Å². The number of nitrogens with zero attached hydrogens (tertiary/aromatic N) is 1. The van der Waals surface area contributed by atoms with Gasteiger partial charge in [-0.05, 0) is 18.1 Å². The van der Waals surface area contributed by atoms with Crippen molar-refractivity contribution in [1.29, 1.82) is 0 Å². The molecule has 2 fully saturated rings. The second kappa shape index (κ2) is 5.56. The normalized spacial score (nSPS) is 21.8. The van der Waals surface area contributed by atoms with E-state index in [1.807, 2.05) is 12.1 Å². The van der Waals surface area contributed by atoms with Crippen LogP contribution >= 0.6 is 11.6 Å². The van der Waals surface area contributed by atoms with E-state index in [1.54, 1.807) is 7.11 Å². The van der Waals surface area contributed by atoms with Gasteiger partial charge >= 0.3 is 0 Å². The van der Waals surface area contributed by atoms with Crippen LogP contribution in [0.15, 0.2) is 12.1 Å². The number of carbonyl (C=O) groups is 2. The lowest BCUT2D eigenvalue weighted by molar-refractivity contribution is -0.134. The van der Waals surface area contributed by atoms with E-state index < -0.39 is 5.92 Å². The molecule has 1 radical (unpaired) electrons. The molecule has 1 aromatic carbocycles. The summed E-state index contributed by atoms with van der Waals surface area (Å²) in [6.07, 6.45) is 2.96. The van der Waals surface area contributed by atoms with Crippen molar-refractivity contribution in [3.8, 4) is 5.75 Å². The Kier molecular flexibility index (Phi) is 3.76. The molecule has 0 spiro atoms. The van der Waals surface area contributed by atoms with Crippen LogP contribution in [0.1, 0.15) is 24.3 Å². The van der Waals surface area contributed by atoms with Crippen molar-refractivity contribution in [2.45, 2.75) is 18.8 Å². The van der Waals surface area contributed by atoms with Crippen LogP contribution in [0, 0.1) is 6.42 Å². The Morgan fingerprint density at radius 2 is 2.10 bits per heavy atom. The number of hydrogen-bond acceptors (Lipinski definition) is 4. The van der Waals surface area contributed by atoms with Crippen molar-refractivity contribution in [3.63, 3.8) is 0 Å². The first-order valence-electron chi connectivity index (χ1n) is 6.88. The zero-order valence-electron chi connectivity index (χ0n) is 11.7. The van der Waals surface area contributed by atoms with E-state index in [9.17, 15) is 9.59 Å². The summed E-state index contributed by atoms with van der Waals surface area (Å²) >= 11 is 6.45. The third kappa shape index (κ3) is 2.46. The highest BCUT2D eigenvalue weighted by molar-refractivity contribution is 6.33. The van der Waals surface area contributed by atoms with Crippen molar-refractivity contribution in [2.75, 3.05) is 25.1 Å². The Balaban J connectivity index is 1.96. The molecule has 3 rings (SSSR count). The Morgan fingerprint density at radius 1 is 1.33 bits per heavy atom. The molecule has 5 nitrogen and oxygen atoms in total. The first kappa shape index (κ1) is 14.2. The zero-order chi connectivity index (χ0) is 15.0. The van der Waals surface area contributed by atoms with E-state index in [2.05, 4.69) is 16.6 Å². The van der Waals surface area contributed by atoms with Gasteiger partial charge in [-0.15, -0.1) is 0 Å². The van der Waals surface area contributed by atoms with Crippen molar-refractivity contribution in [2.24, 2.45) is 0 Å². The molecule has 1 aromatic rings. The number of carbonyl (C=O) groups excluding carboxylic acids is 2. The molecule has 0 saturated carbocycles. The van der Waals surface area contributed by atoms with Crippen LogP contribution in [0.3, 0.4) is 0 Å². The van der Waals surface area contributed by atoms with Crippen molar-refractivity contribution >= 4 is 29.1 Å².